The van der Waals surface area contributed by atoms with E-state index in [2.05, 4.69) is 0 Å². The van der Waals surface area contributed by atoms with Gasteiger partial charge in [-0.05, 0) is 44.9 Å². The van der Waals surface area contributed by atoms with Crippen LogP contribution in [0.4, 0.5) is 0 Å². The zero-order valence-corrected chi connectivity index (χ0v) is 11.4. The van der Waals surface area contributed by atoms with E-state index in [0.717, 1.165) is 11.3 Å². The van der Waals surface area contributed by atoms with Crippen LogP contribution in [0, 0.1) is 0 Å². The molecule has 2 N–H and O–H groups in total. The predicted octanol–water partition coefficient (Wildman–Crippen LogP) is 1.91. The van der Waals surface area contributed by atoms with Gasteiger partial charge < -0.3 is 15.2 Å². The maximum absolute atomic E-state index is 11.7. The summed E-state index contributed by atoms with van der Waals surface area (Å²) in [6, 6.07) is 6.84. The third-order valence-corrected chi connectivity index (χ3v) is 2.30. The Morgan fingerprint density at radius 3 is 2.61 bits per heavy atom. The summed E-state index contributed by atoms with van der Waals surface area (Å²) in [7, 11) is 1.60. The largest absolute Gasteiger partial charge is 0.497 e. The molecule has 0 aromatic heterocycles. The number of hydrogen-bond acceptors (Lipinski definition) is 4. The number of ether oxygens (including phenoxy) is 2. The van der Waals surface area contributed by atoms with Crippen LogP contribution < -0.4 is 10.5 Å². The summed E-state index contributed by atoms with van der Waals surface area (Å²) in [6.45, 7) is 5.47. The average Bonchev–Trinajstić information content (AvgIpc) is 2.27. The minimum Gasteiger partial charge on any atom is -0.497 e. The molecule has 1 aromatic rings. The molecule has 100 valence electrons. The quantitative estimate of drug-likeness (QED) is 0.830. The standard InChI is InChI=1S/C14H21NO3/c1-14(2,3)18-13(16)12(15)9-10-6-5-7-11(8-10)17-4/h5-8,12H,9,15H2,1-4H3. The van der Waals surface area contributed by atoms with Crippen LogP contribution in [-0.2, 0) is 16.0 Å². The highest BCUT2D eigenvalue weighted by Crippen LogP contribution is 2.15. The third-order valence-electron chi connectivity index (χ3n) is 2.30. The fourth-order valence-electron chi connectivity index (χ4n) is 1.51. The Morgan fingerprint density at radius 2 is 2.06 bits per heavy atom. The molecule has 0 saturated heterocycles. The van der Waals surface area contributed by atoms with Crippen LogP contribution in [0.5, 0.6) is 5.75 Å². The maximum Gasteiger partial charge on any atom is 0.323 e. The van der Waals surface area contributed by atoms with Crippen molar-refractivity contribution in [3.05, 3.63) is 29.8 Å². The van der Waals surface area contributed by atoms with E-state index in [1.54, 1.807) is 7.11 Å². The number of benzene rings is 1. The highest BCUT2D eigenvalue weighted by atomic mass is 16.6. The summed E-state index contributed by atoms with van der Waals surface area (Å²) in [4.78, 5) is 11.7. The molecule has 0 bridgehead atoms. The lowest BCUT2D eigenvalue weighted by molar-refractivity contribution is -0.156. The molecule has 0 amide bonds. The summed E-state index contributed by atoms with van der Waals surface area (Å²) >= 11 is 0. The third kappa shape index (κ3) is 4.75. The normalized spacial score (nSPS) is 12.9. The van der Waals surface area contributed by atoms with Crippen molar-refractivity contribution in [2.24, 2.45) is 5.73 Å². The van der Waals surface area contributed by atoms with Gasteiger partial charge in [0.25, 0.3) is 0 Å². The van der Waals surface area contributed by atoms with E-state index in [-0.39, 0.29) is 5.97 Å². The number of hydrogen-bond donors (Lipinski definition) is 1. The summed E-state index contributed by atoms with van der Waals surface area (Å²) in [6.07, 6.45) is 0.437. The molecular weight excluding hydrogens is 230 g/mol. The molecule has 0 aliphatic carbocycles. The maximum atomic E-state index is 11.7. The van der Waals surface area contributed by atoms with Crippen molar-refractivity contribution >= 4 is 5.97 Å². The van der Waals surface area contributed by atoms with Crippen molar-refractivity contribution in [1.29, 1.82) is 0 Å². The number of carbonyl (C=O) groups excluding carboxylic acids is 1. The molecule has 1 unspecified atom stereocenters. The van der Waals surface area contributed by atoms with Crippen molar-refractivity contribution in [1.82, 2.24) is 0 Å². The first-order valence-corrected chi connectivity index (χ1v) is 5.93. The molecule has 0 aliphatic heterocycles. The number of methoxy groups -OCH3 is 1. The molecule has 0 radical (unpaired) electrons. The molecule has 0 spiro atoms. The van der Waals surface area contributed by atoms with Crippen molar-refractivity contribution in [2.75, 3.05) is 7.11 Å². The zero-order valence-electron chi connectivity index (χ0n) is 11.4. The van der Waals surface area contributed by atoms with E-state index >= 15 is 0 Å². The lowest BCUT2D eigenvalue weighted by atomic mass is 10.1. The first-order valence-electron chi connectivity index (χ1n) is 5.93. The Bertz CT molecular complexity index is 410. The number of esters is 1. The Balaban J connectivity index is 2.63. The highest BCUT2D eigenvalue weighted by Gasteiger charge is 2.22. The summed E-state index contributed by atoms with van der Waals surface area (Å²) < 4.78 is 10.4. The van der Waals surface area contributed by atoms with Gasteiger partial charge in [-0.15, -0.1) is 0 Å². The van der Waals surface area contributed by atoms with Gasteiger partial charge in [0.1, 0.15) is 17.4 Å². The van der Waals surface area contributed by atoms with Gasteiger partial charge in [-0.2, -0.15) is 0 Å². The van der Waals surface area contributed by atoms with Crippen LogP contribution in [0.3, 0.4) is 0 Å². The van der Waals surface area contributed by atoms with Crippen LogP contribution in [0.1, 0.15) is 26.3 Å². The number of nitrogens with two attached hydrogens (primary N) is 1. The smallest absolute Gasteiger partial charge is 0.323 e. The Kier molecular flexibility index (Phi) is 4.73. The SMILES string of the molecule is COc1cccc(CC(N)C(=O)OC(C)(C)C)c1. The Hall–Kier alpha value is -1.55. The van der Waals surface area contributed by atoms with Gasteiger partial charge in [0.15, 0.2) is 0 Å². The van der Waals surface area contributed by atoms with E-state index in [1.807, 2.05) is 45.0 Å². The molecule has 1 atom stereocenters. The topological polar surface area (TPSA) is 61.5 Å². The molecule has 4 heteroatoms. The minimum atomic E-state index is -0.656. The fraction of sp³-hybridized carbons (Fsp3) is 0.500. The van der Waals surface area contributed by atoms with Crippen molar-refractivity contribution < 1.29 is 14.3 Å². The van der Waals surface area contributed by atoms with Crippen molar-refractivity contribution in [3.63, 3.8) is 0 Å². The van der Waals surface area contributed by atoms with Crippen LogP contribution in [-0.4, -0.2) is 24.7 Å². The van der Waals surface area contributed by atoms with Gasteiger partial charge >= 0.3 is 5.97 Å². The van der Waals surface area contributed by atoms with E-state index in [4.69, 9.17) is 15.2 Å². The van der Waals surface area contributed by atoms with Gasteiger partial charge in [-0.3, -0.25) is 4.79 Å². The van der Waals surface area contributed by atoms with E-state index in [9.17, 15) is 4.79 Å². The van der Waals surface area contributed by atoms with Gasteiger partial charge in [-0.1, -0.05) is 12.1 Å². The molecule has 0 heterocycles. The van der Waals surface area contributed by atoms with Crippen LogP contribution in [0.25, 0.3) is 0 Å². The van der Waals surface area contributed by atoms with Gasteiger partial charge in [-0.25, -0.2) is 0 Å². The van der Waals surface area contributed by atoms with Crippen LogP contribution in [0.15, 0.2) is 24.3 Å². The van der Waals surface area contributed by atoms with E-state index < -0.39 is 11.6 Å². The molecular formula is C14H21NO3. The second-order valence-corrected chi connectivity index (χ2v) is 5.20. The van der Waals surface area contributed by atoms with Gasteiger partial charge in [0, 0.05) is 0 Å². The molecule has 0 aliphatic rings. The molecule has 1 rings (SSSR count). The van der Waals surface area contributed by atoms with E-state index in [0.29, 0.717) is 6.42 Å². The first-order chi connectivity index (χ1) is 8.31. The molecule has 1 aromatic carbocycles. The zero-order chi connectivity index (χ0) is 13.8. The lowest BCUT2D eigenvalue weighted by Crippen LogP contribution is -2.38. The van der Waals surface area contributed by atoms with Gasteiger partial charge in [0.05, 0.1) is 7.11 Å². The summed E-state index contributed by atoms with van der Waals surface area (Å²) in [5.41, 5.74) is 6.27. The lowest BCUT2D eigenvalue weighted by Gasteiger charge is -2.22. The van der Waals surface area contributed by atoms with E-state index in [1.165, 1.54) is 0 Å². The van der Waals surface area contributed by atoms with Crippen LogP contribution in [0.2, 0.25) is 0 Å². The Morgan fingerprint density at radius 1 is 1.39 bits per heavy atom. The number of carbonyl (C=O) groups is 1. The minimum absolute atomic E-state index is 0.384. The molecule has 0 saturated carbocycles. The highest BCUT2D eigenvalue weighted by molar-refractivity contribution is 5.76. The van der Waals surface area contributed by atoms with Gasteiger partial charge in [0.2, 0.25) is 0 Å². The summed E-state index contributed by atoms with van der Waals surface area (Å²) in [5.74, 6) is 0.370. The number of rotatable bonds is 4. The average molecular weight is 251 g/mol. The summed E-state index contributed by atoms with van der Waals surface area (Å²) in [5, 5.41) is 0. The molecule has 4 nitrogen and oxygen atoms in total. The van der Waals surface area contributed by atoms with Crippen LogP contribution >= 0.6 is 0 Å². The monoisotopic (exact) mass is 251 g/mol. The second-order valence-electron chi connectivity index (χ2n) is 5.20. The van der Waals surface area contributed by atoms with Crippen molar-refractivity contribution in [3.8, 4) is 5.75 Å². The first kappa shape index (κ1) is 14.5. The molecule has 18 heavy (non-hydrogen) atoms. The predicted molar refractivity (Wildman–Crippen MR) is 70.5 cm³/mol. The Labute approximate surface area is 108 Å². The van der Waals surface area contributed by atoms with Crippen molar-refractivity contribution in [2.45, 2.75) is 38.8 Å². The molecule has 0 fully saturated rings. The fourth-order valence-corrected chi connectivity index (χ4v) is 1.51. The second kappa shape index (κ2) is 5.87.